The third-order valence-electron chi connectivity index (χ3n) is 2.89. The van der Waals surface area contributed by atoms with E-state index in [9.17, 15) is 17.2 Å². The minimum atomic E-state index is -4.07. The Balaban J connectivity index is 2.49. The molecule has 2 aromatic carbocycles. The Morgan fingerprint density at radius 1 is 1.18 bits per heavy atom. The first-order chi connectivity index (χ1) is 10.3. The fourth-order valence-corrected chi connectivity index (χ4v) is 3.58. The molecule has 0 saturated heterocycles. The monoisotopic (exact) mass is 439 g/mol. The lowest BCUT2D eigenvalue weighted by Gasteiger charge is -2.13. The van der Waals surface area contributed by atoms with Crippen LogP contribution in [0.5, 0.6) is 5.75 Å². The van der Waals surface area contributed by atoms with Crippen LogP contribution in [0.3, 0.4) is 0 Å². The second-order valence-electron chi connectivity index (χ2n) is 4.48. The Kier molecular flexibility index (Phi) is 4.90. The molecule has 0 aromatic heterocycles. The lowest BCUT2D eigenvalue weighted by molar-refractivity contribution is 0.402. The van der Waals surface area contributed by atoms with Gasteiger partial charge in [-0.3, -0.25) is 4.72 Å². The van der Waals surface area contributed by atoms with Gasteiger partial charge in [-0.1, -0.05) is 6.07 Å². The van der Waals surface area contributed by atoms with Gasteiger partial charge in [0.25, 0.3) is 10.0 Å². The molecule has 8 heteroatoms. The van der Waals surface area contributed by atoms with Crippen molar-refractivity contribution in [3.05, 3.63) is 51.1 Å². The summed E-state index contributed by atoms with van der Waals surface area (Å²) >= 11 is 1.47. The van der Waals surface area contributed by atoms with Crippen LogP contribution in [0.1, 0.15) is 5.56 Å². The largest absolute Gasteiger partial charge is 0.495 e. The van der Waals surface area contributed by atoms with E-state index in [2.05, 4.69) is 4.72 Å². The van der Waals surface area contributed by atoms with Crippen molar-refractivity contribution < 1.29 is 21.9 Å². The zero-order chi connectivity index (χ0) is 16.5. The molecular weight excluding hydrogens is 427 g/mol. The molecule has 0 aliphatic heterocycles. The average molecular weight is 439 g/mol. The summed E-state index contributed by atoms with van der Waals surface area (Å²) in [6, 6.07) is 6.64. The second kappa shape index (κ2) is 6.37. The maximum atomic E-state index is 14.0. The SMILES string of the molecule is COc1ccc(C)cc1S(=O)(=O)Nc1ccc(F)c(I)c1F. The molecule has 0 saturated carbocycles. The van der Waals surface area contributed by atoms with Crippen molar-refractivity contribution in [1.29, 1.82) is 0 Å². The summed E-state index contributed by atoms with van der Waals surface area (Å²) in [7, 11) is -2.73. The van der Waals surface area contributed by atoms with E-state index in [4.69, 9.17) is 4.74 Å². The van der Waals surface area contributed by atoms with Crippen molar-refractivity contribution in [2.45, 2.75) is 11.8 Å². The first-order valence-electron chi connectivity index (χ1n) is 6.07. The highest BCUT2D eigenvalue weighted by atomic mass is 127. The minimum Gasteiger partial charge on any atom is -0.495 e. The number of anilines is 1. The van der Waals surface area contributed by atoms with Crippen molar-refractivity contribution in [2.75, 3.05) is 11.8 Å². The first kappa shape index (κ1) is 16.9. The van der Waals surface area contributed by atoms with Crippen LogP contribution in [-0.4, -0.2) is 15.5 Å². The lowest BCUT2D eigenvalue weighted by Crippen LogP contribution is -2.16. The molecule has 0 fully saturated rings. The van der Waals surface area contributed by atoms with Crippen LogP contribution in [0.25, 0.3) is 0 Å². The molecule has 0 spiro atoms. The molecule has 0 unspecified atom stereocenters. The van der Waals surface area contributed by atoms with E-state index in [0.29, 0.717) is 5.56 Å². The molecule has 0 heterocycles. The molecule has 0 amide bonds. The predicted octanol–water partition coefficient (Wildman–Crippen LogP) is 3.69. The van der Waals surface area contributed by atoms with Crippen LogP contribution >= 0.6 is 22.6 Å². The summed E-state index contributed by atoms with van der Waals surface area (Å²) in [5, 5.41) is 0. The molecule has 118 valence electrons. The summed E-state index contributed by atoms with van der Waals surface area (Å²) in [4.78, 5) is -0.117. The highest BCUT2D eigenvalue weighted by molar-refractivity contribution is 14.1. The van der Waals surface area contributed by atoms with E-state index in [0.717, 1.165) is 12.1 Å². The molecule has 2 aromatic rings. The number of nitrogens with one attached hydrogen (secondary N) is 1. The molecule has 1 N–H and O–H groups in total. The molecule has 2 rings (SSSR count). The van der Waals surface area contributed by atoms with Gasteiger partial charge in [0, 0.05) is 0 Å². The maximum Gasteiger partial charge on any atom is 0.265 e. The number of aryl methyl sites for hydroxylation is 1. The molecule has 22 heavy (non-hydrogen) atoms. The number of methoxy groups -OCH3 is 1. The number of hydrogen-bond acceptors (Lipinski definition) is 3. The van der Waals surface area contributed by atoms with E-state index < -0.39 is 21.7 Å². The topological polar surface area (TPSA) is 55.4 Å². The van der Waals surface area contributed by atoms with Gasteiger partial charge in [-0.15, -0.1) is 0 Å². The summed E-state index contributed by atoms with van der Waals surface area (Å²) in [6.45, 7) is 1.72. The highest BCUT2D eigenvalue weighted by Gasteiger charge is 2.22. The predicted molar refractivity (Wildman–Crippen MR) is 87.6 cm³/mol. The zero-order valence-electron chi connectivity index (χ0n) is 11.7. The van der Waals surface area contributed by atoms with E-state index in [1.807, 2.05) is 0 Å². The van der Waals surface area contributed by atoms with Crippen LogP contribution in [0.2, 0.25) is 0 Å². The Bertz CT molecular complexity index is 825. The van der Waals surface area contributed by atoms with E-state index in [-0.39, 0.29) is 19.9 Å². The summed E-state index contributed by atoms with van der Waals surface area (Å²) in [5.41, 5.74) is 0.379. The minimum absolute atomic E-state index is 0.117. The van der Waals surface area contributed by atoms with Gasteiger partial charge in [0.15, 0.2) is 5.82 Å². The summed E-state index contributed by atoms with van der Waals surface area (Å²) in [5.74, 6) is -1.58. The maximum absolute atomic E-state index is 14.0. The molecule has 0 aliphatic carbocycles. The van der Waals surface area contributed by atoms with Crippen LogP contribution < -0.4 is 9.46 Å². The van der Waals surface area contributed by atoms with Crippen molar-refractivity contribution in [2.24, 2.45) is 0 Å². The third kappa shape index (κ3) is 3.32. The number of ether oxygens (including phenoxy) is 1. The Morgan fingerprint density at radius 3 is 2.50 bits per heavy atom. The highest BCUT2D eigenvalue weighted by Crippen LogP contribution is 2.29. The number of sulfonamides is 1. The molecule has 4 nitrogen and oxygen atoms in total. The number of benzene rings is 2. The van der Waals surface area contributed by atoms with Gasteiger partial charge in [-0.2, -0.15) is 0 Å². The van der Waals surface area contributed by atoms with Gasteiger partial charge in [-0.25, -0.2) is 17.2 Å². The summed E-state index contributed by atoms with van der Waals surface area (Å²) in [6.07, 6.45) is 0. The van der Waals surface area contributed by atoms with Gasteiger partial charge in [-0.05, 0) is 59.3 Å². The Hall–Kier alpha value is -1.42. The van der Waals surface area contributed by atoms with Gasteiger partial charge >= 0.3 is 0 Å². The van der Waals surface area contributed by atoms with Crippen molar-refractivity contribution >= 4 is 38.3 Å². The standard InChI is InChI=1S/C14H12F2INO3S/c1-8-3-6-11(21-2)12(7-8)22(19,20)18-10-5-4-9(15)14(17)13(10)16/h3-7,18H,1-2H3. The Labute approximate surface area is 140 Å². The third-order valence-corrected chi connectivity index (χ3v) is 5.26. The van der Waals surface area contributed by atoms with Crippen LogP contribution in [0.15, 0.2) is 35.2 Å². The summed E-state index contributed by atoms with van der Waals surface area (Å²) < 4.78 is 58.9. The fourth-order valence-electron chi connectivity index (χ4n) is 1.80. The average Bonchev–Trinajstić information content (AvgIpc) is 2.48. The number of hydrogen-bond donors (Lipinski definition) is 1. The van der Waals surface area contributed by atoms with Crippen LogP contribution in [-0.2, 0) is 10.0 Å². The molecule has 0 bridgehead atoms. The molecular formula is C14H12F2INO3S. The lowest BCUT2D eigenvalue weighted by atomic mass is 10.2. The van der Waals surface area contributed by atoms with Crippen LogP contribution in [0.4, 0.5) is 14.5 Å². The van der Waals surface area contributed by atoms with Gasteiger partial charge < -0.3 is 4.74 Å². The first-order valence-corrected chi connectivity index (χ1v) is 8.63. The Morgan fingerprint density at radius 2 is 1.86 bits per heavy atom. The number of rotatable bonds is 4. The number of halogens is 3. The normalized spacial score (nSPS) is 11.3. The smallest absolute Gasteiger partial charge is 0.265 e. The van der Waals surface area contributed by atoms with Crippen molar-refractivity contribution in [3.63, 3.8) is 0 Å². The van der Waals surface area contributed by atoms with E-state index in [1.54, 1.807) is 13.0 Å². The fraction of sp³-hybridized carbons (Fsp3) is 0.143. The van der Waals surface area contributed by atoms with Gasteiger partial charge in [0.1, 0.15) is 16.5 Å². The molecule has 0 aliphatic rings. The molecule has 0 atom stereocenters. The van der Waals surface area contributed by atoms with Crippen molar-refractivity contribution in [3.8, 4) is 5.75 Å². The van der Waals surface area contributed by atoms with Crippen LogP contribution in [0, 0.1) is 22.1 Å². The van der Waals surface area contributed by atoms with E-state index in [1.165, 1.54) is 41.8 Å². The van der Waals surface area contributed by atoms with Gasteiger partial charge in [0.2, 0.25) is 0 Å². The zero-order valence-corrected chi connectivity index (χ0v) is 14.6. The van der Waals surface area contributed by atoms with Gasteiger partial charge in [0.05, 0.1) is 16.4 Å². The van der Waals surface area contributed by atoms with E-state index >= 15 is 0 Å². The second-order valence-corrected chi connectivity index (χ2v) is 7.21. The van der Waals surface area contributed by atoms with Crippen molar-refractivity contribution in [1.82, 2.24) is 0 Å². The molecule has 0 radical (unpaired) electrons. The quantitative estimate of drug-likeness (QED) is 0.584.